The van der Waals surface area contributed by atoms with E-state index < -0.39 is 10.4 Å². The first-order valence-electron chi connectivity index (χ1n) is 12.6. The van der Waals surface area contributed by atoms with Gasteiger partial charge >= 0.3 is 5.97 Å². The molecule has 0 radical (unpaired) electrons. The fourth-order valence-corrected chi connectivity index (χ4v) is 3.34. The molecule has 198 valence electrons. The Bertz CT molecular complexity index is 584. The van der Waals surface area contributed by atoms with Crippen LogP contribution >= 0.6 is 0 Å². The molecule has 0 saturated heterocycles. The summed E-state index contributed by atoms with van der Waals surface area (Å²) in [6.45, 7) is 4.34. The predicted molar refractivity (Wildman–Crippen MR) is 134 cm³/mol. The molecule has 0 fully saturated rings. The standard InChI is InChI=1S/C24H48NO2.CH4O4S/c1-6-8-9-10-11-12-13-14-15-16-17-18-19-20-21-22-24(26)27-23(7-2)25(3,4)5;1-5-6(2,3)4/h14-15,23H,6-13,16-22H2,1-5H3;1H3,(H,2,3,4)/q+1;/p-1/b15-14-;. The normalized spacial score (nSPS) is 12.9. The van der Waals surface area contributed by atoms with Crippen molar-refractivity contribution in [2.75, 3.05) is 28.3 Å². The van der Waals surface area contributed by atoms with Gasteiger partial charge in [-0.15, -0.1) is 0 Å². The molecule has 1 unspecified atom stereocenters. The molecule has 0 aliphatic carbocycles. The molecule has 0 aromatic rings. The number of allylic oxidation sites excluding steroid dienone is 2. The van der Waals surface area contributed by atoms with E-state index in [-0.39, 0.29) is 12.2 Å². The molecule has 0 saturated carbocycles. The zero-order chi connectivity index (χ0) is 25.6. The summed E-state index contributed by atoms with van der Waals surface area (Å²) in [7, 11) is 2.61. The quantitative estimate of drug-likeness (QED) is 0.0410. The lowest BCUT2D eigenvalue weighted by Crippen LogP contribution is -2.47. The van der Waals surface area contributed by atoms with E-state index in [0.717, 1.165) is 26.4 Å². The Kier molecular flexibility index (Phi) is 22.4. The lowest BCUT2D eigenvalue weighted by atomic mass is 10.1. The van der Waals surface area contributed by atoms with Crippen molar-refractivity contribution in [2.45, 2.75) is 116 Å². The average Bonchev–Trinajstić information content (AvgIpc) is 2.73. The molecule has 0 heterocycles. The van der Waals surface area contributed by atoms with Gasteiger partial charge in [0.25, 0.3) is 0 Å². The molecule has 0 aromatic heterocycles. The number of hydrogen-bond acceptors (Lipinski definition) is 6. The predicted octanol–water partition coefficient (Wildman–Crippen LogP) is 6.10. The summed E-state index contributed by atoms with van der Waals surface area (Å²) in [5, 5.41) is 0. The lowest BCUT2D eigenvalue weighted by molar-refractivity contribution is -0.917. The summed E-state index contributed by atoms with van der Waals surface area (Å²) in [5.41, 5.74) is 0. The van der Waals surface area contributed by atoms with E-state index in [1.807, 2.05) is 0 Å². The Morgan fingerprint density at radius 1 is 0.848 bits per heavy atom. The van der Waals surface area contributed by atoms with Crippen LogP contribution in [0, 0.1) is 0 Å². The smallest absolute Gasteiger partial charge is 0.310 e. The maximum absolute atomic E-state index is 12.0. The first-order valence-corrected chi connectivity index (χ1v) is 14.0. The number of unbranched alkanes of at least 4 members (excludes halogenated alkanes) is 11. The number of ether oxygens (including phenoxy) is 1. The van der Waals surface area contributed by atoms with Crippen LogP contribution < -0.4 is 0 Å². The zero-order valence-electron chi connectivity index (χ0n) is 22.1. The van der Waals surface area contributed by atoms with E-state index in [1.54, 1.807) is 0 Å². The van der Waals surface area contributed by atoms with Gasteiger partial charge in [0, 0.05) is 12.8 Å². The van der Waals surface area contributed by atoms with Crippen molar-refractivity contribution in [3.05, 3.63) is 12.2 Å². The molecule has 0 N–H and O–H groups in total. The van der Waals surface area contributed by atoms with Crippen LogP contribution in [0.4, 0.5) is 0 Å². The van der Waals surface area contributed by atoms with Gasteiger partial charge in [0.1, 0.15) is 0 Å². The molecular formula is C25H51NO6S. The fraction of sp³-hybridized carbons (Fsp3) is 0.880. The summed E-state index contributed by atoms with van der Waals surface area (Å²) in [5.74, 6) is -0.0347. The van der Waals surface area contributed by atoms with Crippen LogP contribution in [0.25, 0.3) is 0 Å². The summed E-state index contributed by atoms with van der Waals surface area (Å²) in [6, 6.07) is 0. The number of esters is 1. The highest BCUT2D eigenvalue weighted by Gasteiger charge is 2.25. The third-order valence-corrected chi connectivity index (χ3v) is 5.74. The van der Waals surface area contributed by atoms with Crippen LogP contribution in [0.3, 0.4) is 0 Å². The summed E-state index contributed by atoms with van der Waals surface area (Å²) >= 11 is 0. The molecular weight excluding hydrogens is 442 g/mol. The summed E-state index contributed by atoms with van der Waals surface area (Å²) < 4.78 is 37.3. The number of carbonyl (C=O) groups excluding carboxylic acids is 1. The third-order valence-electron chi connectivity index (χ3n) is 5.33. The van der Waals surface area contributed by atoms with Crippen molar-refractivity contribution >= 4 is 16.4 Å². The first-order chi connectivity index (χ1) is 15.5. The highest BCUT2D eigenvalue weighted by atomic mass is 32.3. The van der Waals surface area contributed by atoms with Crippen molar-refractivity contribution in [1.82, 2.24) is 0 Å². The maximum atomic E-state index is 12.0. The van der Waals surface area contributed by atoms with Crippen molar-refractivity contribution in [2.24, 2.45) is 0 Å². The zero-order valence-corrected chi connectivity index (χ0v) is 23.0. The Labute approximate surface area is 204 Å². The number of rotatable bonds is 19. The van der Waals surface area contributed by atoms with E-state index in [4.69, 9.17) is 4.74 Å². The molecule has 0 spiro atoms. The van der Waals surface area contributed by atoms with Crippen LogP contribution in [-0.4, -0.2) is 57.9 Å². The van der Waals surface area contributed by atoms with Gasteiger partial charge in [-0.25, -0.2) is 8.42 Å². The van der Waals surface area contributed by atoms with E-state index in [9.17, 15) is 17.8 Å². The first kappa shape index (κ1) is 34.2. The van der Waals surface area contributed by atoms with Gasteiger partial charge in [-0.2, -0.15) is 0 Å². The van der Waals surface area contributed by atoms with E-state index in [1.165, 1.54) is 70.6 Å². The number of hydrogen-bond donors (Lipinski definition) is 0. The number of quaternary nitrogens is 1. The minimum atomic E-state index is -4.41. The van der Waals surface area contributed by atoms with Crippen molar-refractivity contribution in [1.29, 1.82) is 0 Å². The van der Waals surface area contributed by atoms with Crippen LogP contribution in [0.15, 0.2) is 12.2 Å². The van der Waals surface area contributed by atoms with Crippen molar-refractivity contribution < 1.29 is 31.2 Å². The second-order valence-electron chi connectivity index (χ2n) is 9.38. The van der Waals surface area contributed by atoms with Crippen LogP contribution in [-0.2, 0) is 24.1 Å². The Hall–Kier alpha value is -0.960. The fourth-order valence-electron chi connectivity index (χ4n) is 3.34. The van der Waals surface area contributed by atoms with E-state index >= 15 is 0 Å². The highest BCUT2D eigenvalue weighted by molar-refractivity contribution is 7.80. The Balaban J connectivity index is 0. The maximum Gasteiger partial charge on any atom is 0.310 e. The molecule has 0 aromatic carbocycles. The van der Waals surface area contributed by atoms with Gasteiger partial charge in [0.15, 0.2) is 0 Å². The molecule has 0 rings (SSSR count). The second-order valence-corrected chi connectivity index (χ2v) is 10.5. The van der Waals surface area contributed by atoms with Gasteiger partial charge in [0.05, 0.1) is 28.3 Å². The third kappa shape index (κ3) is 27.2. The van der Waals surface area contributed by atoms with Gasteiger partial charge in [-0.3, -0.25) is 13.5 Å². The minimum absolute atomic E-state index is 0.0272. The summed E-state index contributed by atoms with van der Waals surface area (Å²) in [6.07, 6.45) is 22.7. The molecule has 1 atom stereocenters. The molecule has 33 heavy (non-hydrogen) atoms. The molecule has 0 bridgehead atoms. The van der Waals surface area contributed by atoms with Gasteiger partial charge in [-0.05, 0) is 32.1 Å². The largest absolute Gasteiger partial charge is 0.726 e. The summed E-state index contributed by atoms with van der Waals surface area (Å²) in [4.78, 5) is 12.0. The number of nitrogens with zero attached hydrogens (tertiary/aromatic N) is 1. The number of carbonyl (C=O) groups is 1. The highest BCUT2D eigenvalue weighted by Crippen LogP contribution is 2.13. The molecule has 8 heteroatoms. The van der Waals surface area contributed by atoms with Crippen molar-refractivity contribution in [3.63, 3.8) is 0 Å². The van der Waals surface area contributed by atoms with Crippen LogP contribution in [0.2, 0.25) is 0 Å². The SMILES string of the molecule is CCCCCCCC/C=C\CCCCCCCC(=O)OC(CC)[N+](C)(C)C.COS(=O)(=O)[O-]. The second kappa shape index (κ2) is 21.6. The molecule has 0 amide bonds. The monoisotopic (exact) mass is 493 g/mol. The molecule has 0 aliphatic heterocycles. The van der Waals surface area contributed by atoms with Crippen LogP contribution in [0.1, 0.15) is 110 Å². The van der Waals surface area contributed by atoms with Gasteiger partial charge in [0.2, 0.25) is 16.6 Å². The van der Waals surface area contributed by atoms with Gasteiger partial charge in [-0.1, -0.05) is 77.4 Å². The average molecular weight is 494 g/mol. The van der Waals surface area contributed by atoms with E-state index in [2.05, 4.69) is 51.3 Å². The van der Waals surface area contributed by atoms with Crippen LogP contribution in [0.5, 0.6) is 0 Å². The lowest BCUT2D eigenvalue weighted by Gasteiger charge is -2.32. The molecule has 7 nitrogen and oxygen atoms in total. The Morgan fingerprint density at radius 2 is 1.27 bits per heavy atom. The minimum Gasteiger partial charge on any atom is -0.726 e. The van der Waals surface area contributed by atoms with Gasteiger partial charge < -0.3 is 9.29 Å². The van der Waals surface area contributed by atoms with E-state index in [0.29, 0.717) is 10.9 Å². The molecule has 0 aliphatic rings. The topological polar surface area (TPSA) is 92.7 Å². The van der Waals surface area contributed by atoms with Crippen molar-refractivity contribution in [3.8, 4) is 0 Å². The Morgan fingerprint density at radius 3 is 1.67 bits per heavy atom.